The van der Waals surface area contributed by atoms with E-state index in [1.54, 1.807) is 24.3 Å². The number of aliphatic carboxylic acids is 1. The number of carboxylic acids is 1. The third kappa shape index (κ3) is 3.24. The summed E-state index contributed by atoms with van der Waals surface area (Å²) in [6.07, 6.45) is 0. The first-order chi connectivity index (χ1) is 7.58. The van der Waals surface area contributed by atoms with Crippen molar-refractivity contribution in [3.05, 3.63) is 30.3 Å². The fourth-order valence-corrected chi connectivity index (χ4v) is 1.18. The van der Waals surface area contributed by atoms with E-state index in [9.17, 15) is 4.79 Å². The molecule has 0 amide bonds. The van der Waals surface area contributed by atoms with E-state index >= 15 is 0 Å². The van der Waals surface area contributed by atoms with Gasteiger partial charge in [0, 0.05) is 6.61 Å². The van der Waals surface area contributed by atoms with E-state index in [1.807, 2.05) is 13.0 Å². The number of carboxylic acid groups (broad SMARTS) is 1. The number of hydrogen-bond donors (Lipinski definition) is 1. The van der Waals surface area contributed by atoms with Gasteiger partial charge in [0.15, 0.2) is 0 Å². The van der Waals surface area contributed by atoms with E-state index in [1.165, 1.54) is 6.92 Å². The van der Waals surface area contributed by atoms with E-state index in [0.29, 0.717) is 12.4 Å². The van der Waals surface area contributed by atoms with Crippen molar-refractivity contribution in [2.75, 3.05) is 13.2 Å². The zero-order valence-corrected chi connectivity index (χ0v) is 9.47. The summed E-state index contributed by atoms with van der Waals surface area (Å²) in [5.41, 5.74) is -1.35. The van der Waals surface area contributed by atoms with Gasteiger partial charge >= 0.3 is 5.97 Å². The number of benzene rings is 1. The highest BCUT2D eigenvalue weighted by Gasteiger charge is 2.36. The topological polar surface area (TPSA) is 55.8 Å². The van der Waals surface area contributed by atoms with Gasteiger partial charge in [0.25, 0.3) is 0 Å². The summed E-state index contributed by atoms with van der Waals surface area (Å²) in [5.74, 6) is -0.517. The van der Waals surface area contributed by atoms with Gasteiger partial charge in [-0.15, -0.1) is 0 Å². The van der Waals surface area contributed by atoms with E-state index < -0.39 is 11.6 Å². The maximum atomic E-state index is 11.1. The summed E-state index contributed by atoms with van der Waals surface area (Å²) in [5, 5.41) is 9.12. The second-order valence-corrected chi connectivity index (χ2v) is 3.59. The average molecular weight is 224 g/mol. The number of para-hydroxylation sites is 1. The van der Waals surface area contributed by atoms with Crippen LogP contribution in [0, 0.1) is 0 Å². The van der Waals surface area contributed by atoms with Crippen molar-refractivity contribution in [2.24, 2.45) is 0 Å². The van der Waals surface area contributed by atoms with Crippen molar-refractivity contribution in [3.8, 4) is 5.75 Å². The predicted octanol–water partition coefficient (Wildman–Crippen LogP) is 1.95. The summed E-state index contributed by atoms with van der Waals surface area (Å²) in [4.78, 5) is 11.1. The lowest BCUT2D eigenvalue weighted by Gasteiger charge is -2.25. The Hall–Kier alpha value is -1.55. The Morgan fingerprint density at radius 2 is 2.00 bits per heavy atom. The third-order valence-electron chi connectivity index (χ3n) is 2.12. The smallest absolute Gasteiger partial charge is 0.350 e. The Bertz CT molecular complexity index is 336. The van der Waals surface area contributed by atoms with Gasteiger partial charge in [-0.3, -0.25) is 0 Å². The quantitative estimate of drug-likeness (QED) is 0.802. The molecular weight excluding hydrogens is 208 g/mol. The average Bonchev–Trinajstić information content (AvgIpc) is 2.27. The number of carbonyl (C=O) groups is 1. The van der Waals surface area contributed by atoms with Crippen LogP contribution < -0.4 is 4.74 Å². The molecule has 0 fully saturated rings. The normalized spacial score (nSPS) is 14.1. The van der Waals surface area contributed by atoms with E-state index in [0.717, 1.165) is 0 Å². The molecule has 1 rings (SSSR count). The fourth-order valence-electron chi connectivity index (χ4n) is 1.18. The second-order valence-electron chi connectivity index (χ2n) is 3.59. The molecule has 1 aromatic rings. The molecule has 0 aromatic heterocycles. The SMILES string of the molecule is CCOCC(C)(Oc1ccccc1)C(=O)O. The molecule has 16 heavy (non-hydrogen) atoms. The summed E-state index contributed by atoms with van der Waals surface area (Å²) in [6.45, 7) is 3.79. The third-order valence-corrected chi connectivity index (χ3v) is 2.12. The van der Waals surface area contributed by atoms with Crippen LogP contribution in [0.4, 0.5) is 0 Å². The van der Waals surface area contributed by atoms with Gasteiger partial charge in [0.2, 0.25) is 5.60 Å². The molecule has 1 aromatic carbocycles. The van der Waals surface area contributed by atoms with Crippen molar-refractivity contribution in [1.29, 1.82) is 0 Å². The Morgan fingerprint density at radius 1 is 1.38 bits per heavy atom. The van der Waals surface area contributed by atoms with Crippen LogP contribution in [0.1, 0.15) is 13.8 Å². The Morgan fingerprint density at radius 3 is 2.50 bits per heavy atom. The summed E-state index contributed by atoms with van der Waals surface area (Å²) in [7, 11) is 0. The molecule has 0 radical (unpaired) electrons. The van der Waals surface area contributed by atoms with Crippen LogP contribution in [-0.2, 0) is 9.53 Å². The number of ether oxygens (including phenoxy) is 2. The highest BCUT2D eigenvalue weighted by Crippen LogP contribution is 2.18. The van der Waals surface area contributed by atoms with E-state index in [4.69, 9.17) is 14.6 Å². The molecular formula is C12H16O4. The van der Waals surface area contributed by atoms with Crippen molar-refractivity contribution in [1.82, 2.24) is 0 Å². The molecule has 0 bridgehead atoms. The molecule has 1 atom stereocenters. The van der Waals surface area contributed by atoms with Gasteiger partial charge in [-0.1, -0.05) is 18.2 Å². The van der Waals surface area contributed by atoms with Crippen LogP contribution in [0.3, 0.4) is 0 Å². The monoisotopic (exact) mass is 224 g/mol. The molecule has 0 saturated carbocycles. The Labute approximate surface area is 94.8 Å². The predicted molar refractivity (Wildman–Crippen MR) is 59.6 cm³/mol. The molecule has 1 N–H and O–H groups in total. The second kappa shape index (κ2) is 5.51. The van der Waals surface area contributed by atoms with Crippen LogP contribution in [-0.4, -0.2) is 29.9 Å². The van der Waals surface area contributed by atoms with Crippen LogP contribution in [0.5, 0.6) is 5.75 Å². The minimum atomic E-state index is -1.35. The van der Waals surface area contributed by atoms with Crippen LogP contribution in [0.2, 0.25) is 0 Å². The first-order valence-corrected chi connectivity index (χ1v) is 5.13. The first kappa shape index (κ1) is 12.5. The Balaban J connectivity index is 2.75. The molecule has 0 aliphatic carbocycles. The van der Waals surface area contributed by atoms with Crippen molar-refractivity contribution < 1.29 is 19.4 Å². The van der Waals surface area contributed by atoms with Gasteiger partial charge in [0.05, 0.1) is 6.61 Å². The molecule has 0 saturated heterocycles. The lowest BCUT2D eigenvalue weighted by Crippen LogP contribution is -2.45. The summed E-state index contributed by atoms with van der Waals surface area (Å²) >= 11 is 0. The minimum Gasteiger partial charge on any atom is -0.478 e. The first-order valence-electron chi connectivity index (χ1n) is 5.13. The highest BCUT2D eigenvalue weighted by molar-refractivity contribution is 5.77. The van der Waals surface area contributed by atoms with Crippen molar-refractivity contribution in [3.63, 3.8) is 0 Å². The standard InChI is InChI=1S/C12H16O4/c1-3-15-9-12(2,11(13)14)16-10-7-5-4-6-8-10/h4-8H,3,9H2,1-2H3,(H,13,14). The van der Waals surface area contributed by atoms with E-state index in [2.05, 4.69) is 0 Å². The van der Waals surface area contributed by atoms with Crippen LogP contribution >= 0.6 is 0 Å². The largest absolute Gasteiger partial charge is 0.478 e. The summed E-state index contributed by atoms with van der Waals surface area (Å²) in [6, 6.07) is 8.85. The molecule has 0 spiro atoms. The van der Waals surface area contributed by atoms with Gasteiger partial charge in [-0.2, -0.15) is 0 Å². The molecule has 1 unspecified atom stereocenters. The van der Waals surface area contributed by atoms with Crippen molar-refractivity contribution in [2.45, 2.75) is 19.4 Å². The molecule has 4 heteroatoms. The van der Waals surface area contributed by atoms with Crippen LogP contribution in [0.15, 0.2) is 30.3 Å². The van der Waals surface area contributed by atoms with E-state index in [-0.39, 0.29) is 6.61 Å². The highest BCUT2D eigenvalue weighted by atomic mass is 16.6. The van der Waals surface area contributed by atoms with Crippen molar-refractivity contribution >= 4 is 5.97 Å². The maximum Gasteiger partial charge on any atom is 0.350 e. The number of rotatable bonds is 6. The Kier molecular flexibility index (Phi) is 4.31. The van der Waals surface area contributed by atoms with Gasteiger partial charge in [0.1, 0.15) is 5.75 Å². The molecule has 0 aliphatic heterocycles. The van der Waals surface area contributed by atoms with Gasteiger partial charge in [-0.05, 0) is 26.0 Å². The maximum absolute atomic E-state index is 11.1. The zero-order chi connectivity index (χ0) is 12.0. The van der Waals surface area contributed by atoms with Crippen LogP contribution in [0.25, 0.3) is 0 Å². The molecule has 88 valence electrons. The van der Waals surface area contributed by atoms with Gasteiger partial charge < -0.3 is 14.6 Å². The zero-order valence-electron chi connectivity index (χ0n) is 9.47. The minimum absolute atomic E-state index is 0.0216. The number of hydrogen-bond acceptors (Lipinski definition) is 3. The van der Waals surface area contributed by atoms with Gasteiger partial charge in [-0.25, -0.2) is 4.79 Å². The molecule has 0 heterocycles. The molecule has 4 nitrogen and oxygen atoms in total. The lowest BCUT2D eigenvalue weighted by atomic mass is 10.1. The lowest BCUT2D eigenvalue weighted by molar-refractivity contribution is -0.158. The summed E-state index contributed by atoms with van der Waals surface area (Å²) < 4.78 is 10.6. The fraction of sp³-hybridized carbons (Fsp3) is 0.417. The molecule has 0 aliphatic rings.